The number of likely N-dealkylation sites (N-methyl/N-ethyl adjacent to an activating group) is 2. The molecule has 226 valence electrons. The molecule has 1 aliphatic rings. The summed E-state index contributed by atoms with van der Waals surface area (Å²) < 4.78 is 11.2. The number of rotatable bonds is 12. The Balaban J connectivity index is 0.00000117. The average molecular weight is 558 g/mol. The van der Waals surface area contributed by atoms with Crippen molar-refractivity contribution in [1.29, 1.82) is 0 Å². The highest BCUT2D eigenvalue weighted by Crippen LogP contribution is 2.37. The van der Waals surface area contributed by atoms with Crippen LogP contribution in [0, 0.1) is 5.92 Å². The first-order valence-corrected chi connectivity index (χ1v) is 14.3. The van der Waals surface area contributed by atoms with Gasteiger partial charge in [-0.3, -0.25) is 4.79 Å². The van der Waals surface area contributed by atoms with E-state index in [9.17, 15) is 9.59 Å². The van der Waals surface area contributed by atoms with Gasteiger partial charge in [0.15, 0.2) is 0 Å². The normalized spacial score (nSPS) is 17.2. The molecule has 7 heteroatoms. The predicted octanol–water partition coefficient (Wildman–Crippen LogP) is 6.18. The van der Waals surface area contributed by atoms with Crippen molar-refractivity contribution in [2.24, 2.45) is 5.92 Å². The summed E-state index contributed by atoms with van der Waals surface area (Å²) in [7, 11) is 7.45. The number of carbonyl (C=O) groups excluding carboxylic acids is 2. The van der Waals surface area contributed by atoms with Crippen LogP contribution in [0.15, 0.2) is 48.2 Å². The van der Waals surface area contributed by atoms with E-state index >= 15 is 0 Å². The molecule has 2 rings (SSSR count). The molecule has 0 spiro atoms. The molecule has 2 atom stereocenters. The van der Waals surface area contributed by atoms with E-state index in [-0.39, 0.29) is 5.54 Å². The van der Waals surface area contributed by atoms with E-state index < -0.39 is 0 Å². The van der Waals surface area contributed by atoms with Gasteiger partial charge in [0.2, 0.25) is 6.41 Å². The minimum Gasteiger partial charge on any atom is -0.497 e. The van der Waals surface area contributed by atoms with Crippen molar-refractivity contribution in [2.45, 2.75) is 79.3 Å². The van der Waals surface area contributed by atoms with Crippen LogP contribution < -0.4 is 14.8 Å². The van der Waals surface area contributed by atoms with Crippen molar-refractivity contribution in [3.05, 3.63) is 59.3 Å². The van der Waals surface area contributed by atoms with E-state index in [0.717, 1.165) is 56.5 Å². The zero-order valence-corrected chi connectivity index (χ0v) is 26.8. The number of benzene rings is 1. The second kappa shape index (κ2) is 19.9. The van der Waals surface area contributed by atoms with Crippen LogP contribution >= 0.6 is 0 Å². The molecule has 1 aromatic carbocycles. The number of nitrogens with zero attached hydrogens (tertiary/aromatic N) is 2. The molecule has 7 nitrogen and oxygen atoms in total. The molecule has 1 aromatic rings. The van der Waals surface area contributed by atoms with Gasteiger partial charge in [-0.1, -0.05) is 37.6 Å². The van der Waals surface area contributed by atoms with Crippen LogP contribution in [0.1, 0.15) is 71.9 Å². The van der Waals surface area contributed by atoms with E-state index in [1.165, 1.54) is 22.4 Å². The number of fused-ring (bicyclic) bond motifs is 1. The Hall–Kier alpha value is -3.06. The number of methoxy groups -OCH3 is 2. The third-order valence-corrected chi connectivity index (χ3v) is 7.10. The summed E-state index contributed by atoms with van der Waals surface area (Å²) in [6.07, 6.45) is 11.2. The van der Waals surface area contributed by atoms with Gasteiger partial charge in [-0.15, -0.1) is 6.58 Å². The van der Waals surface area contributed by atoms with Gasteiger partial charge >= 0.3 is 0 Å². The highest BCUT2D eigenvalue weighted by molar-refractivity contribution is 5.52. The minimum absolute atomic E-state index is 0.299. The van der Waals surface area contributed by atoms with Crippen LogP contribution in [0.25, 0.3) is 0 Å². The smallest absolute Gasteiger partial charge is 0.210 e. The first-order chi connectivity index (χ1) is 19.0. The van der Waals surface area contributed by atoms with Crippen LogP contribution in [0.2, 0.25) is 0 Å². The Morgan fingerprint density at radius 3 is 2.33 bits per heavy atom. The summed E-state index contributed by atoms with van der Waals surface area (Å²) >= 11 is 0. The highest BCUT2D eigenvalue weighted by Gasteiger charge is 2.37. The second-order valence-corrected chi connectivity index (χ2v) is 10.4. The second-order valence-electron chi connectivity index (χ2n) is 10.4. The molecule has 1 heterocycles. The standard InChI is InChI=1S/C23H37N3O3.C5H8O.C5H10/c1-8-26(16-27)23(3,9-10-24-4)22-12-17(2)11-20-18(15-25(22)5)13-19(28-6)14-21(20)29-7;1-2-3-4-5-6;1-4-5(2)3/h12-14,16-17,24H,8-11,15H2,1-7H3;2-3,5H,4H2,1H3;2,4H2,1,3H3/b22-12-;3-2+;/t17-,23?;;/m1../s1. The topological polar surface area (TPSA) is 71.1 Å². The number of allylic oxidation sites excluding steroid dienone is 4. The Labute approximate surface area is 244 Å². The molecule has 40 heavy (non-hydrogen) atoms. The van der Waals surface area contributed by atoms with Gasteiger partial charge in [0.25, 0.3) is 0 Å². The Morgan fingerprint density at radius 1 is 1.25 bits per heavy atom. The summed E-state index contributed by atoms with van der Waals surface area (Å²) in [5.74, 6) is 1.97. The molecule has 0 radical (unpaired) electrons. The van der Waals surface area contributed by atoms with E-state index in [2.05, 4.69) is 56.8 Å². The van der Waals surface area contributed by atoms with E-state index in [1.54, 1.807) is 14.2 Å². The zero-order valence-electron chi connectivity index (χ0n) is 26.8. The molecule has 0 fully saturated rings. The average Bonchev–Trinajstić information content (AvgIpc) is 2.94. The van der Waals surface area contributed by atoms with Crippen LogP contribution in [0.4, 0.5) is 0 Å². The Kier molecular flexibility index (Phi) is 18.4. The fraction of sp³-hybridized carbons (Fsp3) is 0.576. The number of aldehydes is 1. The molecule has 0 bridgehead atoms. The van der Waals surface area contributed by atoms with Gasteiger partial charge in [-0.05, 0) is 83.7 Å². The number of ether oxygens (including phenoxy) is 2. The molecule has 1 N–H and O–H groups in total. The van der Waals surface area contributed by atoms with Crippen LogP contribution in [-0.2, 0) is 22.6 Å². The summed E-state index contributed by atoms with van der Waals surface area (Å²) in [4.78, 5) is 25.6. The number of carbonyl (C=O) groups is 2. The first kappa shape index (κ1) is 36.9. The van der Waals surface area contributed by atoms with E-state index in [1.807, 2.05) is 50.9 Å². The SMILES string of the molecule is C/C=C/CC=O.C=C(C)CC.CCN(C=O)C(C)(CCNC)/C1=C/[C@H](C)Cc2c(cc(OC)cc2OC)CN1C. The lowest BCUT2D eigenvalue weighted by atomic mass is 9.84. The van der Waals surface area contributed by atoms with Crippen LogP contribution in [-0.4, -0.2) is 69.4 Å². The van der Waals surface area contributed by atoms with Gasteiger partial charge < -0.3 is 29.4 Å². The lowest BCUT2D eigenvalue weighted by Gasteiger charge is -2.45. The van der Waals surface area contributed by atoms with Crippen molar-refractivity contribution < 1.29 is 19.1 Å². The molecule has 0 aliphatic carbocycles. The highest BCUT2D eigenvalue weighted by atomic mass is 16.5. The molecule has 0 aromatic heterocycles. The van der Waals surface area contributed by atoms with Crippen molar-refractivity contribution >= 4 is 12.7 Å². The Morgan fingerprint density at radius 2 is 1.90 bits per heavy atom. The largest absolute Gasteiger partial charge is 0.497 e. The fourth-order valence-corrected chi connectivity index (χ4v) is 4.58. The summed E-state index contributed by atoms with van der Waals surface area (Å²) in [5.41, 5.74) is 4.48. The molecule has 1 amide bonds. The minimum atomic E-state index is -0.386. The maximum Gasteiger partial charge on any atom is 0.210 e. The number of amides is 1. The van der Waals surface area contributed by atoms with Gasteiger partial charge in [-0.2, -0.15) is 0 Å². The quantitative estimate of drug-likeness (QED) is 0.244. The maximum atomic E-state index is 11.9. The third kappa shape index (κ3) is 11.6. The summed E-state index contributed by atoms with van der Waals surface area (Å²) in [5, 5.41) is 3.24. The lowest BCUT2D eigenvalue weighted by Crippen LogP contribution is -2.52. The van der Waals surface area contributed by atoms with Gasteiger partial charge in [0, 0.05) is 38.3 Å². The van der Waals surface area contributed by atoms with Crippen molar-refractivity contribution in [3.8, 4) is 11.5 Å². The molecule has 0 saturated heterocycles. The fourth-order valence-electron chi connectivity index (χ4n) is 4.58. The number of hydrogen-bond donors (Lipinski definition) is 1. The van der Waals surface area contributed by atoms with Crippen LogP contribution in [0.3, 0.4) is 0 Å². The lowest BCUT2D eigenvalue weighted by molar-refractivity contribution is -0.122. The van der Waals surface area contributed by atoms with Gasteiger partial charge in [0.1, 0.15) is 17.8 Å². The number of nitrogens with one attached hydrogen (secondary N) is 1. The number of hydrogen-bond acceptors (Lipinski definition) is 6. The van der Waals surface area contributed by atoms with Crippen LogP contribution in [0.5, 0.6) is 11.5 Å². The molecule has 0 saturated carbocycles. The molecular weight excluding hydrogens is 502 g/mol. The van der Waals surface area contributed by atoms with Gasteiger partial charge in [-0.25, -0.2) is 0 Å². The third-order valence-electron chi connectivity index (χ3n) is 7.10. The summed E-state index contributed by atoms with van der Waals surface area (Å²) in [6, 6.07) is 4.06. The zero-order chi connectivity index (χ0) is 30.7. The van der Waals surface area contributed by atoms with E-state index in [0.29, 0.717) is 18.9 Å². The molecule has 1 aliphatic heterocycles. The van der Waals surface area contributed by atoms with E-state index in [4.69, 9.17) is 9.47 Å². The van der Waals surface area contributed by atoms with Crippen molar-refractivity contribution in [1.82, 2.24) is 15.1 Å². The molecule has 1 unspecified atom stereocenters. The first-order valence-electron chi connectivity index (χ1n) is 14.3. The van der Waals surface area contributed by atoms with Crippen molar-refractivity contribution in [3.63, 3.8) is 0 Å². The van der Waals surface area contributed by atoms with Gasteiger partial charge in [0.05, 0.1) is 19.8 Å². The monoisotopic (exact) mass is 557 g/mol. The maximum absolute atomic E-state index is 11.9. The van der Waals surface area contributed by atoms with Crippen molar-refractivity contribution in [2.75, 3.05) is 41.4 Å². The molecular formula is C33H55N3O4. The predicted molar refractivity (Wildman–Crippen MR) is 168 cm³/mol. The summed E-state index contributed by atoms with van der Waals surface area (Å²) in [6.45, 7) is 18.4. The Bertz CT molecular complexity index is 973.